The number of hydrogen-bond donors (Lipinski definition) is 2. The molecule has 1 saturated carbocycles. The summed E-state index contributed by atoms with van der Waals surface area (Å²) in [5, 5.41) is 20.2. The Morgan fingerprint density at radius 3 is 2.65 bits per heavy atom. The standard InChI is InChI=1S/C18H24O2/c1-11-8-12-4-6-15-13(9-14(12)10-16(11)19)5-7-17(20)18(15,2)3/h8-10,15,17,19-20H,4-7H2,1-3H3/t15-,17?/m1/s1. The molecule has 2 heteroatoms. The minimum atomic E-state index is -0.207. The van der Waals surface area contributed by atoms with Gasteiger partial charge in [-0.25, -0.2) is 0 Å². The second-order valence-electron chi connectivity index (χ2n) is 7.02. The van der Waals surface area contributed by atoms with Crippen molar-refractivity contribution in [3.63, 3.8) is 0 Å². The third-order valence-electron chi connectivity index (χ3n) is 5.41. The van der Waals surface area contributed by atoms with Gasteiger partial charge in [0.15, 0.2) is 0 Å². The first-order valence-electron chi connectivity index (χ1n) is 7.60. The SMILES string of the molecule is Cc1cc2c(cc1O)C=C1CCC(O)C(C)(C)[C@@H]1CC2. The van der Waals surface area contributed by atoms with Gasteiger partial charge in [-0.3, -0.25) is 0 Å². The van der Waals surface area contributed by atoms with Crippen LogP contribution in [0.1, 0.15) is 49.8 Å². The number of rotatable bonds is 0. The summed E-state index contributed by atoms with van der Waals surface area (Å²) >= 11 is 0. The second kappa shape index (κ2) is 4.63. The Kier molecular flexibility index (Phi) is 3.17. The average molecular weight is 272 g/mol. The van der Waals surface area contributed by atoms with E-state index in [1.54, 1.807) is 0 Å². The van der Waals surface area contributed by atoms with E-state index in [1.165, 1.54) is 11.1 Å². The molecule has 0 aromatic heterocycles. The zero-order valence-electron chi connectivity index (χ0n) is 12.6. The molecule has 2 aliphatic carbocycles. The van der Waals surface area contributed by atoms with Gasteiger partial charge in [-0.05, 0) is 66.7 Å². The van der Waals surface area contributed by atoms with E-state index in [-0.39, 0.29) is 11.5 Å². The van der Waals surface area contributed by atoms with Gasteiger partial charge in [0.1, 0.15) is 5.75 Å². The maximum Gasteiger partial charge on any atom is 0.119 e. The molecule has 1 aromatic rings. The Hall–Kier alpha value is -1.28. The number of hydrogen-bond acceptors (Lipinski definition) is 2. The molecule has 0 heterocycles. The van der Waals surface area contributed by atoms with Gasteiger partial charge in [0.25, 0.3) is 0 Å². The first-order chi connectivity index (χ1) is 9.39. The van der Waals surface area contributed by atoms with Crippen LogP contribution in [0, 0.1) is 18.3 Å². The molecule has 1 fully saturated rings. The highest BCUT2D eigenvalue weighted by molar-refractivity contribution is 5.62. The summed E-state index contributed by atoms with van der Waals surface area (Å²) in [7, 11) is 0. The number of aliphatic hydroxyl groups excluding tert-OH is 1. The number of aliphatic hydroxyl groups is 1. The van der Waals surface area contributed by atoms with Gasteiger partial charge in [0, 0.05) is 0 Å². The van der Waals surface area contributed by atoms with Crippen LogP contribution in [0.2, 0.25) is 0 Å². The van der Waals surface area contributed by atoms with Gasteiger partial charge in [-0.2, -0.15) is 0 Å². The Bertz CT molecular complexity index is 569. The largest absolute Gasteiger partial charge is 0.508 e. The van der Waals surface area contributed by atoms with Crippen LogP contribution in [0.3, 0.4) is 0 Å². The molecule has 0 spiro atoms. The Balaban J connectivity index is 2.05. The fourth-order valence-corrected chi connectivity index (χ4v) is 3.91. The lowest BCUT2D eigenvalue weighted by Gasteiger charge is -2.44. The van der Waals surface area contributed by atoms with Crippen molar-refractivity contribution in [2.75, 3.05) is 0 Å². The normalized spacial score (nSPS) is 28.1. The lowest BCUT2D eigenvalue weighted by atomic mass is 9.63. The first kappa shape index (κ1) is 13.7. The van der Waals surface area contributed by atoms with E-state index >= 15 is 0 Å². The van der Waals surface area contributed by atoms with E-state index in [4.69, 9.17) is 0 Å². The van der Waals surface area contributed by atoms with Gasteiger partial charge in [-0.15, -0.1) is 0 Å². The van der Waals surface area contributed by atoms with Gasteiger partial charge in [-0.1, -0.05) is 31.6 Å². The second-order valence-corrected chi connectivity index (χ2v) is 7.02. The number of phenolic OH excluding ortho intramolecular Hbond substituents is 1. The summed E-state index contributed by atoms with van der Waals surface area (Å²) in [4.78, 5) is 0. The van der Waals surface area contributed by atoms with Crippen molar-refractivity contribution < 1.29 is 10.2 Å². The number of fused-ring (bicyclic) bond motifs is 2. The van der Waals surface area contributed by atoms with Gasteiger partial charge in [0.2, 0.25) is 0 Å². The van der Waals surface area contributed by atoms with Crippen LogP contribution in [0.5, 0.6) is 5.75 Å². The van der Waals surface area contributed by atoms with Crippen LogP contribution in [0.25, 0.3) is 6.08 Å². The maximum atomic E-state index is 10.3. The predicted octanol–water partition coefficient (Wildman–Crippen LogP) is 3.83. The minimum absolute atomic E-state index is 0.0524. The third-order valence-corrected chi connectivity index (χ3v) is 5.41. The van der Waals surface area contributed by atoms with Crippen LogP contribution in [0.4, 0.5) is 0 Å². The Morgan fingerprint density at radius 2 is 1.90 bits per heavy atom. The number of benzene rings is 1. The van der Waals surface area contributed by atoms with E-state index in [1.807, 2.05) is 13.0 Å². The summed E-state index contributed by atoms with van der Waals surface area (Å²) in [5.74, 6) is 0.829. The molecule has 108 valence electrons. The van der Waals surface area contributed by atoms with Crippen LogP contribution < -0.4 is 0 Å². The minimum Gasteiger partial charge on any atom is -0.508 e. The average Bonchev–Trinajstić information content (AvgIpc) is 2.55. The van der Waals surface area contributed by atoms with Crippen LogP contribution in [0.15, 0.2) is 17.7 Å². The highest BCUT2D eigenvalue weighted by Crippen LogP contribution is 2.48. The summed E-state index contributed by atoms with van der Waals surface area (Å²) in [6, 6.07) is 4.01. The van der Waals surface area contributed by atoms with Crippen LogP contribution in [-0.4, -0.2) is 16.3 Å². The zero-order chi connectivity index (χ0) is 14.5. The molecule has 20 heavy (non-hydrogen) atoms. The summed E-state index contributed by atoms with van der Waals surface area (Å²) in [6.07, 6.45) is 6.00. The smallest absolute Gasteiger partial charge is 0.119 e. The summed E-state index contributed by atoms with van der Waals surface area (Å²) in [5.41, 5.74) is 4.84. The van der Waals surface area contributed by atoms with Crippen molar-refractivity contribution in [2.24, 2.45) is 11.3 Å². The predicted molar refractivity (Wildman–Crippen MR) is 81.7 cm³/mol. The zero-order valence-corrected chi connectivity index (χ0v) is 12.6. The van der Waals surface area contributed by atoms with Gasteiger partial charge < -0.3 is 10.2 Å². The number of allylic oxidation sites excluding steroid dienone is 1. The number of aromatic hydroxyl groups is 1. The third kappa shape index (κ3) is 2.07. The van der Waals surface area contributed by atoms with E-state index in [0.29, 0.717) is 11.7 Å². The summed E-state index contributed by atoms with van der Waals surface area (Å²) < 4.78 is 0. The van der Waals surface area contributed by atoms with E-state index in [9.17, 15) is 10.2 Å². The number of aryl methyl sites for hydroxylation is 2. The van der Waals surface area contributed by atoms with Gasteiger partial charge in [0.05, 0.1) is 6.10 Å². The lowest BCUT2D eigenvalue weighted by Crippen LogP contribution is -2.41. The van der Waals surface area contributed by atoms with Crippen molar-refractivity contribution in [2.45, 2.75) is 52.6 Å². The molecule has 2 nitrogen and oxygen atoms in total. The molecule has 2 N–H and O–H groups in total. The highest BCUT2D eigenvalue weighted by Gasteiger charge is 2.42. The van der Waals surface area contributed by atoms with Crippen molar-refractivity contribution >= 4 is 6.08 Å². The van der Waals surface area contributed by atoms with Crippen molar-refractivity contribution in [1.82, 2.24) is 0 Å². The molecule has 0 saturated heterocycles. The monoisotopic (exact) mass is 272 g/mol. The van der Waals surface area contributed by atoms with Crippen molar-refractivity contribution in [3.05, 3.63) is 34.4 Å². The molecule has 2 aliphatic rings. The topological polar surface area (TPSA) is 40.5 Å². The first-order valence-corrected chi connectivity index (χ1v) is 7.60. The number of phenols is 1. The Morgan fingerprint density at radius 1 is 1.15 bits per heavy atom. The van der Waals surface area contributed by atoms with Crippen molar-refractivity contribution in [1.29, 1.82) is 0 Å². The molecule has 0 bridgehead atoms. The van der Waals surface area contributed by atoms with Crippen LogP contribution >= 0.6 is 0 Å². The Labute approximate surface area is 121 Å². The van der Waals surface area contributed by atoms with E-state index in [2.05, 4.69) is 26.0 Å². The summed E-state index contributed by atoms with van der Waals surface area (Å²) in [6.45, 7) is 6.33. The molecule has 1 unspecified atom stereocenters. The van der Waals surface area contributed by atoms with Gasteiger partial charge >= 0.3 is 0 Å². The maximum absolute atomic E-state index is 10.3. The highest BCUT2D eigenvalue weighted by atomic mass is 16.3. The van der Waals surface area contributed by atoms with Crippen molar-refractivity contribution in [3.8, 4) is 5.75 Å². The fraction of sp³-hybridized carbons (Fsp3) is 0.556. The fourth-order valence-electron chi connectivity index (χ4n) is 3.91. The molecule has 0 aliphatic heterocycles. The molecular weight excluding hydrogens is 248 g/mol. The van der Waals surface area contributed by atoms with Crippen LogP contribution in [-0.2, 0) is 6.42 Å². The molecule has 0 amide bonds. The lowest BCUT2D eigenvalue weighted by molar-refractivity contribution is -0.00826. The van der Waals surface area contributed by atoms with E-state index in [0.717, 1.165) is 36.8 Å². The molecule has 2 atom stereocenters. The molecule has 1 aromatic carbocycles. The molecular formula is C18H24O2. The quantitative estimate of drug-likeness (QED) is 0.753. The van der Waals surface area contributed by atoms with E-state index < -0.39 is 0 Å². The molecule has 0 radical (unpaired) electrons. The molecule has 3 rings (SSSR count).